The Bertz CT molecular complexity index is 1170. The van der Waals surface area contributed by atoms with E-state index in [0.717, 1.165) is 31.2 Å². The fourth-order valence-electron chi connectivity index (χ4n) is 3.94. The van der Waals surface area contributed by atoms with Gasteiger partial charge in [-0.05, 0) is 52.7 Å². The number of alkyl carbamates (subject to hydrolysis) is 1. The Morgan fingerprint density at radius 2 is 1.87 bits per heavy atom. The zero-order valence-electron chi connectivity index (χ0n) is 22.2. The second-order valence-electron chi connectivity index (χ2n) is 9.99. The van der Waals surface area contributed by atoms with E-state index in [0.29, 0.717) is 20.6 Å². The average molecular weight is 563 g/mol. The summed E-state index contributed by atoms with van der Waals surface area (Å²) in [5.41, 5.74) is 1.23. The number of anilines is 2. The first-order chi connectivity index (χ1) is 17.9. The summed E-state index contributed by atoms with van der Waals surface area (Å²) in [6.07, 6.45) is 4.69. The Balaban J connectivity index is 1.59. The number of thioether (sulfide) groups is 1. The number of hydrogen-bond acceptors (Lipinski definition) is 9. The van der Waals surface area contributed by atoms with Crippen LogP contribution in [0.15, 0.2) is 28.6 Å². The summed E-state index contributed by atoms with van der Waals surface area (Å²) in [6, 6.07) is 3.96. The van der Waals surface area contributed by atoms with Gasteiger partial charge in [-0.3, -0.25) is 10.1 Å². The van der Waals surface area contributed by atoms with Gasteiger partial charge in [-0.2, -0.15) is 0 Å². The van der Waals surface area contributed by atoms with Crippen LogP contribution in [0.3, 0.4) is 0 Å². The highest BCUT2D eigenvalue weighted by atomic mass is 32.2. The van der Waals surface area contributed by atoms with Crippen LogP contribution in [0.2, 0.25) is 0 Å². The van der Waals surface area contributed by atoms with Gasteiger partial charge in [0.15, 0.2) is 10.9 Å². The smallest absolute Gasteiger partial charge is 0.408 e. The minimum absolute atomic E-state index is 0.00224. The topological polar surface area (TPSA) is 136 Å². The van der Waals surface area contributed by atoms with Crippen molar-refractivity contribution in [1.29, 1.82) is 0 Å². The quantitative estimate of drug-likeness (QED) is 0.203. The zero-order chi connectivity index (χ0) is 27.9. The summed E-state index contributed by atoms with van der Waals surface area (Å²) in [6.45, 7) is 7.09. The van der Waals surface area contributed by atoms with Crippen LogP contribution in [0, 0.1) is 12.8 Å². The molecule has 1 aliphatic carbocycles. The number of benzene rings is 1. The third-order valence-electron chi connectivity index (χ3n) is 5.69. The van der Waals surface area contributed by atoms with E-state index in [4.69, 9.17) is 9.47 Å². The monoisotopic (exact) mass is 562 g/mol. The molecule has 0 radical (unpaired) electrons. The number of esters is 1. The minimum atomic E-state index is -0.931. The number of carbonyl (C=O) groups is 4. The number of rotatable bonds is 9. The molecule has 0 spiro atoms. The Morgan fingerprint density at radius 1 is 1.16 bits per heavy atom. The summed E-state index contributed by atoms with van der Waals surface area (Å²) in [4.78, 5) is 54.2. The first-order valence-corrected chi connectivity index (χ1v) is 14.1. The molecule has 38 heavy (non-hydrogen) atoms. The van der Waals surface area contributed by atoms with E-state index in [9.17, 15) is 19.2 Å². The van der Waals surface area contributed by atoms with Crippen molar-refractivity contribution in [3.8, 4) is 0 Å². The second kappa shape index (κ2) is 13.1. The van der Waals surface area contributed by atoms with Crippen LogP contribution < -0.4 is 16.0 Å². The van der Waals surface area contributed by atoms with Gasteiger partial charge >= 0.3 is 18.1 Å². The van der Waals surface area contributed by atoms with Gasteiger partial charge < -0.3 is 20.1 Å². The Labute approximate surface area is 230 Å². The number of ketones is 1. The SMILES string of the molecule is COC(=O)C(CSc1cnc(NC(=O)Nc2ccc(C)cc2C(=O)C2CCCC2)s1)NC(=O)OC(C)(C)C. The molecule has 12 heteroatoms. The number of ether oxygens (including phenoxy) is 2. The maximum atomic E-state index is 13.0. The molecular formula is C26H34N4O6S2. The lowest BCUT2D eigenvalue weighted by Crippen LogP contribution is -2.45. The molecule has 1 fully saturated rings. The predicted molar refractivity (Wildman–Crippen MR) is 148 cm³/mol. The standard InChI is InChI=1S/C26H34N4O6S2/c1-15-10-11-18(17(12-15)21(31)16-8-6-7-9-16)28-23(33)30-24-27-13-20(38-24)37-14-19(22(32)35-5)29-25(34)36-26(2,3)4/h10-13,16,19H,6-9,14H2,1-5H3,(H,29,34)(H2,27,28,30,33). The molecule has 1 unspecified atom stereocenters. The summed E-state index contributed by atoms with van der Waals surface area (Å²) >= 11 is 2.49. The first-order valence-electron chi connectivity index (χ1n) is 12.3. The van der Waals surface area contributed by atoms with E-state index in [1.165, 1.54) is 30.2 Å². The van der Waals surface area contributed by atoms with Crippen LogP contribution in [-0.2, 0) is 14.3 Å². The molecule has 10 nitrogen and oxygen atoms in total. The predicted octanol–water partition coefficient (Wildman–Crippen LogP) is 5.63. The lowest BCUT2D eigenvalue weighted by atomic mass is 9.94. The number of aromatic nitrogens is 1. The van der Waals surface area contributed by atoms with Crippen LogP contribution in [0.4, 0.5) is 20.4 Å². The van der Waals surface area contributed by atoms with Crippen molar-refractivity contribution in [1.82, 2.24) is 10.3 Å². The molecule has 206 valence electrons. The Hall–Kier alpha value is -3.12. The largest absolute Gasteiger partial charge is 0.467 e. The van der Waals surface area contributed by atoms with Crippen LogP contribution in [-0.4, -0.2) is 53.4 Å². The number of carbonyl (C=O) groups excluding carboxylic acids is 4. The second-order valence-corrected chi connectivity index (χ2v) is 12.3. The number of aryl methyl sites for hydroxylation is 1. The summed E-state index contributed by atoms with van der Waals surface area (Å²) in [5, 5.41) is 8.33. The molecule has 1 atom stereocenters. The fourth-order valence-corrected chi connectivity index (χ4v) is 5.84. The molecule has 3 N–H and O–H groups in total. The maximum Gasteiger partial charge on any atom is 0.408 e. The maximum absolute atomic E-state index is 13.0. The molecule has 1 heterocycles. The van der Waals surface area contributed by atoms with Gasteiger partial charge in [0.05, 0.1) is 23.2 Å². The fraction of sp³-hybridized carbons (Fsp3) is 0.500. The van der Waals surface area contributed by atoms with E-state index in [1.807, 2.05) is 19.1 Å². The molecular weight excluding hydrogens is 528 g/mol. The van der Waals surface area contributed by atoms with Gasteiger partial charge in [0.2, 0.25) is 0 Å². The van der Waals surface area contributed by atoms with Gasteiger partial charge in [0.1, 0.15) is 11.6 Å². The molecule has 1 saturated carbocycles. The molecule has 0 aliphatic heterocycles. The zero-order valence-corrected chi connectivity index (χ0v) is 23.8. The molecule has 2 aromatic rings. The summed E-state index contributed by atoms with van der Waals surface area (Å²) < 4.78 is 10.7. The van der Waals surface area contributed by atoms with Gasteiger partial charge in [0, 0.05) is 17.2 Å². The average Bonchev–Trinajstić information content (AvgIpc) is 3.53. The molecule has 1 aromatic heterocycles. The molecule has 1 aliphatic rings. The highest BCUT2D eigenvalue weighted by molar-refractivity contribution is 8.01. The van der Waals surface area contributed by atoms with E-state index < -0.39 is 29.7 Å². The number of thiazole rings is 1. The van der Waals surface area contributed by atoms with Crippen molar-refractivity contribution in [3.05, 3.63) is 35.5 Å². The van der Waals surface area contributed by atoms with Crippen LogP contribution in [0.25, 0.3) is 0 Å². The van der Waals surface area contributed by atoms with Crippen molar-refractivity contribution >= 4 is 57.8 Å². The molecule has 3 rings (SSSR count). The number of hydrogen-bond donors (Lipinski definition) is 3. The lowest BCUT2D eigenvalue weighted by molar-refractivity contribution is -0.142. The summed E-state index contributed by atoms with van der Waals surface area (Å²) in [7, 11) is 1.24. The highest BCUT2D eigenvalue weighted by Gasteiger charge is 2.27. The molecule has 0 bridgehead atoms. The minimum Gasteiger partial charge on any atom is -0.467 e. The number of urea groups is 1. The van der Waals surface area contributed by atoms with Gasteiger partial charge in [-0.25, -0.2) is 19.4 Å². The highest BCUT2D eigenvalue weighted by Crippen LogP contribution is 2.32. The van der Waals surface area contributed by atoms with Crippen LogP contribution in [0.1, 0.15) is 62.4 Å². The Morgan fingerprint density at radius 3 is 2.53 bits per heavy atom. The Kier molecular flexibility index (Phi) is 10.1. The van der Waals surface area contributed by atoms with Crippen molar-refractivity contribution in [2.45, 2.75) is 69.2 Å². The molecule has 1 aromatic carbocycles. The number of amides is 3. The third-order valence-corrected chi connectivity index (χ3v) is 7.89. The van der Waals surface area contributed by atoms with E-state index >= 15 is 0 Å². The summed E-state index contributed by atoms with van der Waals surface area (Å²) in [5.74, 6) is -0.366. The van der Waals surface area contributed by atoms with E-state index in [1.54, 1.807) is 33.0 Å². The number of methoxy groups -OCH3 is 1. The van der Waals surface area contributed by atoms with E-state index in [2.05, 4.69) is 20.9 Å². The van der Waals surface area contributed by atoms with E-state index in [-0.39, 0.29) is 17.5 Å². The van der Waals surface area contributed by atoms with Crippen LogP contribution >= 0.6 is 23.1 Å². The molecule has 0 saturated heterocycles. The van der Waals surface area contributed by atoms with Crippen molar-refractivity contribution in [3.63, 3.8) is 0 Å². The molecule has 3 amide bonds. The number of Topliss-reactive ketones (excluding diaryl/α,β-unsaturated/α-hetero) is 1. The lowest BCUT2D eigenvalue weighted by Gasteiger charge is -2.22. The number of nitrogens with one attached hydrogen (secondary N) is 3. The third kappa shape index (κ3) is 8.73. The normalized spacial score (nSPS) is 14.4. The van der Waals surface area contributed by atoms with Gasteiger partial charge in [-0.1, -0.05) is 35.8 Å². The van der Waals surface area contributed by atoms with Crippen molar-refractivity contribution in [2.75, 3.05) is 23.5 Å². The van der Waals surface area contributed by atoms with Gasteiger partial charge in [0.25, 0.3) is 0 Å². The van der Waals surface area contributed by atoms with Crippen molar-refractivity contribution in [2.24, 2.45) is 5.92 Å². The number of nitrogens with zero attached hydrogens (tertiary/aromatic N) is 1. The van der Waals surface area contributed by atoms with Crippen LogP contribution in [0.5, 0.6) is 0 Å². The first kappa shape index (κ1) is 29.4. The van der Waals surface area contributed by atoms with Crippen molar-refractivity contribution < 1.29 is 28.7 Å². The van der Waals surface area contributed by atoms with Gasteiger partial charge in [-0.15, -0.1) is 11.8 Å².